The molecule has 0 atom stereocenters. The molecule has 0 saturated carbocycles. The minimum absolute atomic E-state index is 0.0333. The van der Waals surface area contributed by atoms with E-state index in [2.05, 4.69) is 30.0 Å². The third-order valence-corrected chi connectivity index (χ3v) is 3.79. The molecule has 0 bridgehead atoms. The quantitative estimate of drug-likeness (QED) is 0.674. The fourth-order valence-corrected chi connectivity index (χ4v) is 2.33. The van der Waals surface area contributed by atoms with E-state index < -0.39 is 10.0 Å². The first-order valence-corrected chi connectivity index (χ1v) is 7.08. The smallest absolute Gasteiger partial charge is 0.243 e. The highest BCUT2D eigenvalue weighted by atomic mass is 32.2. The minimum atomic E-state index is -3.58. The summed E-state index contributed by atoms with van der Waals surface area (Å²) in [7, 11) is -1.93. The van der Waals surface area contributed by atoms with Gasteiger partial charge in [-0.1, -0.05) is 0 Å². The van der Waals surface area contributed by atoms with Gasteiger partial charge >= 0.3 is 0 Å². The lowest BCUT2D eigenvalue weighted by Crippen LogP contribution is -2.26. The molecule has 102 valence electrons. The molecule has 2 aromatic heterocycles. The highest BCUT2D eigenvalue weighted by Gasteiger charge is 2.14. The van der Waals surface area contributed by atoms with Crippen LogP contribution in [0.5, 0.6) is 0 Å². The molecule has 9 heteroatoms. The van der Waals surface area contributed by atoms with Gasteiger partial charge < -0.3 is 10.3 Å². The Labute approximate surface area is 110 Å². The van der Waals surface area contributed by atoms with Gasteiger partial charge in [0.2, 0.25) is 16.0 Å². The van der Waals surface area contributed by atoms with E-state index in [1.54, 1.807) is 19.4 Å². The lowest BCUT2D eigenvalue weighted by molar-refractivity contribution is 0.580. The van der Waals surface area contributed by atoms with Crippen molar-refractivity contribution in [2.24, 2.45) is 0 Å². The Morgan fingerprint density at radius 1 is 1.26 bits per heavy atom. The third-order valence-electron chi connectivity index (χ3n) is 2.37. The van der Waals surface area contributed by atoms with Crippen LogP contribution in [0, 0.1) is 0 Å². The maximum absolute atomic E-state index is 11.9. The van der Waals surface area contributed by atoms with Crippen molar-refractivity contribution >= 4 is 16.0 Å². The molecule has 0 aromatic carbocycles. The zero-order chi connectivity index (χ0) is 13.7. The van der Waals surface area contributed by atoms with Crippen molar-refractivity contribution < 1.29 is 8.42 Å². The second-order valence-electron chi connectivity index (χ2n) is 3.68. The molecule has 2 rings (SSSR count). The van der Waals surface area contributed by atoms with Gasteiger partial charge in [-0.15, -0.1) is 0 Å². The fraction of sp³-hybridized carbons (Fsp3) is 0.300. The molecule has 2 aromatic rings. The summed E-state index contributed by atoms with van der Waals surface area (Å²) < 4.78 is 26.3. The highest BCUT2D eigenvalue weighted by Crippen LogP contribution is 2.06. The van der Waals surface area contributed by atoms with Gasteiger partial charge in [0.15, 0.2) is 0 Å². The van der Waals surface area contributed by atoms with Crippen molar-refractivity contribution in [3.63, 3.8) is 0 Å². The summed E-state index contributed by atoms with van der Waals surface area (Å²) in [6, 6.07) is 0. The van der Waals surface area contributed by atoms with Crippen LogP contribution in [-0.2, 0) is 16.4 Å². The summed E-state index contributed by atoms with van der Waals surface area (Å²) >= 11 is 0. The molecule has 0 aliphatic carbocycles. The number of H-pyrrole nitrogens is 1. The average molecular weight is 282 g/mol. The second-order valence-corrected chi connectivity index (χ2v) is 5.44. The van der Waals surface area contributed by atoms with Crippen LogP contribution >= 0.6 is 0 Å². The van der Waals surface area contributed by atoms with E-state index in [1.807, 2.05) is 0 Å². The second kappa shape index (κ2) is 5.76. The summed E-state index contributed by atoms with van der Waals surface area (Å²) in [5.74, 6) is 1.10. The van der Waals surface area contributed by atoms with Crippen LogP contribution in [0.4, 0.5) is 5.95 Å². The van der Waals surface area contributed by atoms with Gasteiger partial charge in [0.25, 0.3) is 0 Å². The van der Waals surface area contributed by atoms with Crippen molar-refractivity contribution in [2.45, 2.75) is 11.3 Å². The van der Waals surface area contributed by atoms with Crippen molar-refractivity contribution in [3.05, 3.63) is 30.6 Å². The van der Waals surface area contributed by atoms with Crippen LogP contribution in [0.25, 0.3) is 0 Å². The minimum Gasteiger partial charge on any atom is -0.357 e. The Morgan fingerprint density at radius 3 is 2.58 bits per heavy atom. The van der Waals surface area contributed by atoms with Gasteiger partial charge in [-0.05, 0) is 0 Å². The molecule has 0 radical (unpaired) electrons. The third kappa shape index (κ3) is 3.48. The lowest BCUT2D eigenvalue weighted by Gasteiger charge is -2.05. The zero-order valence-electron chi connectivity index (χ0n) is 10.3. The van der Waals surface area contributed by atoms with Crippen LogP contribution < -0.4 is 10.0 Å². The molecular weight excluding hydrogens is 268 g/mol. The molecule has 0 aliphatic heterocycles. The number of hydrogen-bond acceptors (Lipinski definition) is 6. The molecule has 0 fully saturated rings. The fourth-order valence-electron chi connectivity index (χ4n) is 1.41. The molecule has 8 nitrogen and oxygen atoms in total. The summed E-state index contributed by atoms with van der Waals surface area (Å²) in [6.07, 6.45) is 6.31. The number of hydrogen-bond donors (Lipinski definition) is 3. The number of aromatic amines is 1. The number of nitrogens with zero attached hydrogens (tertiary/aromatic N) is 3. The maximum atomic E-state index is 11.9. The number of anilines is 1. The number of sulfonamides is 1. The average Bonchev–Trinajstić information content (AvgIpc) is 2.92. The van der Waals surface area contributed by atoms with E-state index in [1.165, 1.54) is 12.4 Å². The van der Waals surface area contributed by atoms with Gasteiger partial charge in [-0.2, -0.15) is 0 Å². The van der Waals surface area contributed by atoms with Gasteiger partial charge in [-0.3, -0.25) is 0 Å². The first-order chi connectivity index (χ1) is 9.12. The Hall–Kier alpha value is -2.00. The Balaban J connectivity index is 1.97. The molecule has 0 saturated heterocycles. The van der Waals surface area contributed by atoms with Crippen LogP contribution in [0.15, 0.2) is 29.7 Å². The predicted octanol–water partition coefficient (Wildman–Crippen LogP) is -0.238. The predicted molar refractivity (Wildman–Crippen MR) is 69.1 cm³/mol. The van der Waals surface area contributed by atoms with Gasteiger partial charge in [0, 0.05) is 32.4 Å². The zero-order valence-corrected chi connectivity index (χ0v) is 11.1. The van der Waals surface area contributed by atoms with E-state index in [0.29, 0.717) is 12.4 Å². The molecular formula is C10H14N6O2S. The molecule has 2 heterocycles. The van der Waals surface area contributed by atoms with Gasteiger partial charge in [-0.25, -0.2) is 28.1 Å². The molecule has 3 N–H and O–H groups in total. The van der Waals surface area contributed by atoms with Crippen molar-refractivity contribution in [2.75, 3.05) is 18.9 Å². The van der Waals surface area contributed by atoms with E-state index in [9.17, 15) is 8.42 Å². The normalized spacial score (nSPS) is 11.4. The first kappa shape index (κ1) is 13.4. The van der Waals surface area contributed by atoms with E-state index in [-0.39, 0.29) is 11.4 Å². The van der Waals surface area contributed by atoms with E-state index in [4.69, 9.17) is 0 Å². The molecule has 0 unspecified atom stereocenters. The number of nitrogens with one attached hydrogen (secondary N) is 3. The van der Waals surface area contributed by atoms with Gasteiger partial charge in [0.1, 0.15) is 10.7 Å². The lowest BCUT2D eigenvalue weighted by atomic mass is 10.4. The summed E-state index contributed by atoms with van der Waals surface area (Å²) in [5.41, 5.74) is 0. The summed E-state index contributed by atoms with van der Waals surface area (Å²) in [5, 5.41) is 2.72. The van der Waals surface area contributed by atoms with Crippen molar-refractivity contribution in [1.29, 1.82) is 0 Å². The topological polar surface area (TPSA) is 113 Å². The standard InChI is InChI=1S/C10H14N6O2S/c1-11-10-14-6-8(7-15-10)19(17,18)16-3-2-9-12-4-5-13-9/h4-7,16H,2-3H2,1H3,(H,12,13)(H,11,14,15). The monoisotopic (exact) mass is 282 g/mol. The molecule has 0 amide bonds. The van der Waals surface area contributed by atoms with E-state index >= 15 is 0 Å². The van der Waals surface area contributed by atoms with Crippen molar-refractivity contribution in [3.8, 4) is 0 Å². The number of aromatic nitrogens is 4. The molecule has 19 heavy (non-hydrogen) atoms. The summed E-state index contributed by atoms with van der Waals surface area (Å²) in [4.78, 5) is 14.7. The van der Waals surface area contributed by atoms with E-state index in [0.717, 1.165) is 5.82 Å². The number of imidazole rings is 1. The number of rotatable bonds is 6. The van der Waals surface area contributed by atoms with Crippen LogP contribution in [-0.4, -0.2) is 41.9 Å². The maximum Gasteiger partial charge on any atom is 0.243 e. The molecule has 0 spiro atoms. The first-order valence-electron chi connectivity index (χ1n) is 5.59. The van der Waals surface area contributed by atoms with Crippen LogP contribution in [0.2, 0.25) is 0 Å². The van der Waals surface area contributed by atoms with Crippen LogP contribution in [0.3, 0.4) is 0 Å². The van der Waals surface area contributed by atoms with Gasteiger partial charge in [0.05, 0.1) is 12.4 Å². The van der Waals surface area contributed by atoms with Crippen molar-refractivity contribution in [1.82, 2.24) is 24.7 Å². The Morgan fingerprint density at radius 2 is 2.00 bits per heavy atom. The molecule has 0 aliphatic rings. The van der Waals surface area contributed by atoms with Crippen LogP contribution in [0.1, 0.15) is 5.82 Å². The largest absolute Gasteiger partial charge is 0.357 e. The highest BCUT2D eigenvalue weighted by molar-refractivity contribution is 7.89. The Kier molecular flexibility index (Phi) is 4.07. The SMILES string of the molecule is CNc1ncc(S(=O)(=O)NCCc2ncc[nH]2)cn1. The Bertz CT molecular complexity index is 608. The summed E-state index contributed by atoms with van der Waals surface area (Å²) in [6.45, 7) is 0.254.